The quantitative estimate of drug-likeness (QED) is 0.602. The zero-order valence-electron chi connectivity index (χ0n) is 18.7. The Morgan fingerprint density at radius 2 is 1.57 bits per heavy atom. The summed E-state index contributed by atoms with van der Waals surface area (Å²) in [6.07, 6.45) is -0.481. The molecule has 2 aromatic carbocycles. The fraction of sp³-hybridized carbons (Fsp3) is 0.440. The number of fused-ring (bicyclic) bond motifs is 3. The first-order valence-corrected chi connectivity index (χ1v) is 10.3. The molecule has 1 N–H and O–H groups in total. The van der Waals surface area contributed by atoms with Crippen molar-refractivity contribution in [3.8, 4) is 16.9 Å². The van der Waals surface area contributed by atoms with Gasteiger partial charge in [-0.3, -0.25) is 9.59 Å². The molecule has 3 rings (SSSR count). The van der Waals surface area contributed by atoms with Gasteiger partial charge in [-0.2, -0.15) is 0 Å². The number of nitrogens with one attached hydrogen (secondary N) is 1. The van der Waals surface area contributed by atoms with E-state index in [-0.39, 0.29) is 23.9 Å². The second-order valence-electron chi connectivity index (χ2n) is 9.77. The van der Waals surface area contributed by atoms with Gasteiger partial charge in [0.25, 0.3) is 0 Å². The molecule has 0 heterocycles. The first kappa shape index (κ1) is 22.0. The highest BCUT2D eigenvalue weighted by Gasteiger charge is 2.31. The van der Waals surface area contributed by atoms with Crippen molar-refractivity contribution in [2.24, 2.45) is 5.41 Å². The van der Waals surface area contributed by atoms with Crippen LogP contribution in [0, 0.1) is 5.41 Å². The summed E-state index contributed by atoms with van der Waals surface area (Å²) in [4.78, 5) is 25.4. The molecule has 1 atom stereocenters. The number of esters is 1. The van der Waals surface area contributed by atoms with Gasteiger partial charge in [-0.15, -0.1) is 0 Å². The van der Waals surface area contributed by atoms with Crippen LogP contribution in [0.2, 0.25) is 0 Å². The molecule has 0 radical (unpaired) electrons. The third-order valence-electron chi connectivity index (χ3n) is 4.89. The lowest BCUT2D eigenvalue weighted by Gasteiger charge is -2.27. The zero-order valence-corrected chi connectivity index (χ0v) is 18.7. The van der Waals surface area contributed by atoms with Gasteiger partial charge >= 0.3 is 5.97 Å². The number of hydrogen-bond acceptors (Lipinski definition) is 5. The lowest BCUT2D eigenvalue weighted by molar-refractivity contribution is -0.160. The number of benzene rings is 2. The number of hydrogen-bond donors (Lipinski definition) is 1. The Morgan fingerprint density at radius 1 is 0.933 bits per heavy atom. The lowest BCUT2D eigenvalue weighted by atomic mass is 9.97. The third-order valence-corrected chi connectivity index (χ3v) is 4.89. The summed E-state index contributed by atoms with van der Waals surface area (Å²) in [6, 6.07) is 13.2. The normalized spacial score (nSPS) is 14.1. The monoisotopic (exact) mass is 409 g/mol. The minimum Gasteiger partial charge on any atom is -0.489 e. The Bertz CT molecular complexity index is 950. The van der Waals surface area contributed by atoms with Gasteiger partial charge in [0, 0.05) is 17.6 Å². The van der Waals surface area contributed by atoms with Crippen LogP contribution < -0.4 is 10.1 Å². The minimum absolute atomic E-state index is 0.0350. The molecule has 1 unspecified atom stereocenters. The molecule has 0 aliphatic heterocycles. The number of carbonyl (C=O) groups is 2. The fourth-order valence-corrected chi connectivity index (χ4v) is 3.23. The van der Waals surface area contributed by atoms with E-state index in [1.54, 1.807) is 6.07 Å². The van der Waals surface area contributed by atoms with Crippen molar-refractivity contribution in [1.29, 1.82) is 0 Å². The molecule has 0 aromatic heterocycles. The van der Waals surface area contributed by atoms with Crippen molar-refractivity contribution >= 4 is 11.8 Å². The molecule has 1 aliphatic carbocycles. The van der Waals surface area contributed by atoms with Crippen molar-refractivity contribution in [2.45, 2.75) is 53.2 Å². The molecule has 5 nitrogen and oxygen atoms in total. The SMILES string of the molecule is CC(C)(C)NCC(COc1cccc2c1C(=O)c1ccccc1-2)OC(=O)C(C)(C)C. The highest BCUT2D eigenvalue weighted by atomic mass is 16.6. The molecule has 0 bridgehead atoms. The Hall–Kier alpha value is -2.66. The average molecular weight is 410 g/mol. The highest BCUT2D eigenvalue weighted by Crippen LogP contribution is 2.40. The van der Waals surface area contributed by atoms with E-state index in [4.69, 9.17) is 9.47 Å². The van der Waals surface area contributed by atoms with Crippen LogP contribution in [-0.4, -0.2) is 36.5 Å². The van der Waals surface area contributed by atoms with Crippen molar-refractivity contribution in [2.75, 3.05) is 13.2 Å². The summed E-state index contributed by atoms with van der Waals surface area (Å²) >= 11 is 0. The van der Waals surface area contributed by atoms with Crippen LogP contribution in [0.5, 0.6) is 5.75 Å². The number of ketones is 1. The predicted molar refractivity (Wildman–Crippen MR) is 118 cm³/mol. The van der Waals surface area contributed by atoms with Crippen LogP contribution >= 0.6 is 0 Å². The van der Waals surface area contributed by atoms with Crippen LogP contribution in [0.4, 0.5) is 0 Å². The Balaban J connectivity index is 1.79. The van der Waals surface area contributed by atoms with Crippen molar-refractivity contribution in [1.82, 2.24) is 5.32 Å². The molecule has 160 valence electrons. The molecule has 0 spiro atoms. The van der Waals surface area contributed by atoms with Gasteiger partial charge in [-0.05, 0) is 58.7 Å². The van der Waals surface area contributed by atoms with Crippen molar-refractivity contribution in [3.63, 3.8) is 0 Å². The first-order valence-electron chi connectivity index (χ1n) is 10.3. The van der Waals surface area contributed by atoms with E-state index in [0.29, 0.717) is 23.4 Å². The van der Waals surface area contributed by atoms with Crippen LogP contribution in [0.3, 0.4) is 0 Å². The van der Waals surface area contributed by atoms with Gasteiger partial charge in [0.1, 0.15) is 18.5 Å². The Morgan fingerprint density at radius 3 is 2.20 bits per heavy atom. The van der Waals surface area contributed by atoms with Crippen molar-refractivity contribution in [3.05, 3.63) is 53.6 Å². The number of rotatable bonds is 6. The van der Waals surface area contributed by atoms with Gasteiger partial charge in [0.05, 0.1) is 11.0 Å². The fourth-order valence-electron chi connectivity index (χ4n) is 3.23. The minimum atomic E-state index is -0.606. The summed E-state index contributed by atoms with van der Waals surface area (Å²) in [5.41, 5.74) is 2.33. The molecular formula is C25H31NO4. The molecule has 1 aliphatic rings. The molecule has 0 saturated carbocycles. The number of carbonyl (C=O) groups excluding carboxylic acids is 2. The first-order chi connectivity index (χ1) is 14.0. The van der Waals surface area contributed by atoms with Gasteiger partial charge in [-0.1, -0.05) is 36.4 Å². The predicted octanol–water partition coefficient (Wildman–Crippen LogP) is 4.62. The second-order valence-corrected chi connectivity index (χ2v) is 9.77. The average Bonchev–Trinajstić information content (AvgIpc) is 2.96. The highest BCUT2D eigenvalue weighted by molar-refractivity contribution is 6.23. The van der Waals surface area contributed by atoms with E-state index in [1.807, 2.05) is 57.2 Å². The van der Waals surface area contributed by atoms with Crippen LogP contribution in [0.25, 0.3) is 11.1 Å². The second kappa shape index (κ2) is 8.23. The number of ether oxygens (including phenoxy) is 2. The zero-order chi connectivity index (χ0) is 22.1. The van der Waals surface area contributed by atoms with Gasteiger partial charge in [0.15, 0.2) is 5.78 Å². The van der Waals surface area contributed by atoms with Crippen LogP contribution in [0.1, 0.15) is 57.5 Å². The van der Waals surface area contributed by atoms with E-state index < -0.39 is 11.5 Å². The van der Waals surface area contributed by atoms with E-state index in [0.717, 1.165) is 11.1 Å². The van der Waals surface area contributed by atoms with Gasteiger partial charge < -0.3 is 14.8 Å². The maximum Gasteiger partial charge on any atom is 0.311 e. The van der Waals surface area contributed by atoms with Gasteiger partial charge in [0.2, 0.25) is 0 Å². The van der Waals surface area contributed by atoms with E-state index >= 15 is 0 Å². The molecule has 0 fully saturated rings. The summed E-state index contributed by atoms with van der Waals surface area (Å²) in [5, 5.41) is 3.37. The van der Waals surface area contributed by atoms with Crippen molar-refractivity contribution < 1.29 is 19.1 Å². The molecule has 0 amide bonds. The maximum atomic E-state index is 12.9. The smallest absolute Gasteiger partial charge is 0.311 e. The molecular weight excluding hydrogens is 378 g/mol. The topological polar surface area (TPSA) is 64.6 Å². The van der Waals surface area contributed by atoms with E-state index in [1.165, 1.54) is 0 Å². The van der Waals surface area contributed by atoms with Crippen LogP contribution in [0.15, 0.2) is 42.5 Å². The molecule has 2 aromatic rings. The summed E-state index contributed by atoms with van der Waals surface area (Å²) < 4.78 is 11.8. The van der Waals surface area contributed by atoms with Crippen LogP contribution in [-0.2, 0) is 9.53 Å². The summed E-state index contributed by atoms with van der Waals surface area (Å²) in [7, 11) is 0. The molecule has 30 heavy (non-hydrogen) atoms. The summed E-state index contributed by atoms with van der Waals surface area (Å²) in [5.74, 6) is 0.196. The standard InChI is InChI=1S/C25H31NO4/c1-24(2,3)23(28)30-16(14-26-25(4,5)6)15-29-20-13-9-12-18-17-10-7-8-11-19(17)22(27)21(18)20/h7-13,16,26H,14-15H2,1-6H3. The largest absolute Gasteiger partial charge is 0.489 e. The third kappa shape index (κ3) is 4.90. The summed E-state index contributed by atoms with van der Waals surface area (Å²) in [6.45, 7) is 12.2. The lowest BCUT2D eigenvalue weighted by Crippen LogP contribution is -2.45. The maximum absolute atomic E-state index is 12.9. The van der Waals surface area contributed by atoms with E-state index in [9.17, 15) is 9.59 Å². The molecule has 0 saturated heterocycles. The molecule has 5 heteroatoms. The van der Waals surface area contributed by atoms with Gasteiger partial charge in [-0.25, -0.2) is 0 Å². The Labute approximate surface area is 178 Å². The van der Waals surface area contributed by atoms with E-state index in [2.05, 4.69) is 26.1 Å². The Kier molecular flexibility index (Phi) is 6.04.